The Morgan fingerprint density at radius 1 is 1.19 bits per heavy atom. The number of benzene rings is 1. The maximum absolute atomic E-state index is 12.8. The molecule has 10 heteroatoms. The van der Waals surface area contributed by atoms with Gasteiger partial charge in [0.15, 0.2) is 13.2 Å². The van der Waals surface area contributed by atoms with Crippen LogP contribution in [0.2, 0.25) is 5.02 Å². The van der Waals surface area contributed by atoms with E-state index in [4.69, 9.17) is 21.1 Å². The predicted molar refractivity (Wildman–Crippen MR) is 138 cm³/mol. The Labute approximate surface area is 220 Å². The van der Waals surface area contributed by atoms with Gasteiger partial charge in [-0.05, 0) is 67.0 Å². The number of tetrazole rings is 1. The van der Waals surface area contributed by atoms with E-state index in [0.717, 1.165) is 36.1 Å². The minimum absolute atomic E-state index is 0.0333. The van der Waals surface area contributed by atoms with Crippen LogP contribution in [0.15, 0.2) is 35.1 Å². The van der Waals surface area contributed by atoms with Crippen molar-refractivity contribution in [2.24, 2.45) is 5.92 Å². The largest absolute Gasteiger partial charge is 0.484 e. The molecule has 0 amide bonds. The number of ether oxygens (including phenoxy) is 2. The van der Waals surface area contributed by atoms with Crippen LogP contribution in [-0.2, 0) is 22.7 Å². The molecule has 2 heterocycles. The van der Waals surface area contributed by atoms with E-state index in [0.29, 0.717) is 35.0 Å². The Kier molecular flexibility index (Phi) is 7.88. The lowest BCUT2D eigenvalue weighted by atomic mass is 9.85. The highest BCUT2D eigenvalue weighted by molar-refractivity contribution is 6.32. The van der Waals surface area contributed by atoms with Gasteiger partial charge in [0.2, 0.25) is 5.82 Å². The first-order valence-electron chi connectivity index (χ1n) is 13.1. The predicted octanol–water partition coefficient (Wildman–Crippen LogP) is 4.75. The lowest BCUT2D eigenvalue weighted by Gasteiger charge is -2.22. The Bertz CT molecular complexity index is 1300. The molecule has 0 saturated heterocycles. The first kappa shape index (κ1) is 25.4. The van der Waals surface area contributed by atoms with Gasteiger partial charge < -0.3 is 14.5 Å². The number of aromatic amines is 1. The number of carbonyl (C=O) groups is 1. The normalized spacial score (nSPS) is 16.6. The summed E-state index contributed by atoms with van der Waals surface area (Å²) in [5.41, 5.74) is 2.93. The van der Waals surface area contributed by atoms with Gasteiger partial charge in [-0.2, -0.15) is 4.80 Å². The van der Waals surface area contributed by atoms with Crippen LogP contribution in [-0.4, -0.2) is 37.8 Å². The molecule has 0 bridgehead atoms. The lowest BCUT2D eigenvalue weighted by molar-refractivity contribution is -0.144. The number of hydrogen-bond acceptors (Lipinski definition) is 7. The minimum Gasteiger partial charge on any atom is -0.484 e. The maximum Gasteiger partial charge on any atom is 0.329 e. The second-order valence-corrected chi connectivity index (χ2v) is 10.3. The van der Waals surface area contributed by atoms with Crippen molar-refractivity contribution in [3.05, 3.63) is 68.4 Å². The van der Waals surface area contributed by atoms with Gasteiger partial charge >= 0.3 is 5.97 Å². The van der Waals surface area contributed by atoms with Crippen molar-refractivity contribution in [2.45, 2.75) is 76.9 Å². The van der Waals surface area contributed by atoms with Crippen molar-refractivity contribution in [1.29, 1.82) is 0 Å². The zero-order chi connectivity index (χ0) is 25.8. The molecule has 1 N–H and O–H groups in total. The van der Waals surface area contributed by atoms with Crippen molar-refractivity contribution in [3.8, 4) is 5.75 Å². The summed E-state index contributed by atoms with van der Waals surface area (Å²) in [4.78, 5) is 28.7. The molecule has 196 valence electrons. The third kappa shape index (κ3) is 6.39. The highest BCUT2D eigenvalue weighted by Gasteiger charge is 2.28. The number of nitrogens with one attached hydrogen (secondary N) is 1. The van der Waals surface area contributed by atoms with Gasteiger partial charge in [0.25, 0.3) is 5.56 Å². The highest BCUT2D eigenvalue weighted by Crippen LogP contribution is 2.41. The third-order valence-corrected chi connectivity index (χ3v) is 7.48. The number of pyridine rings is 1. The van der Waals surface area contributed by atoms with Crippen LogP contribution in [0.1, 0.15) is 86.4 Å². The third-order valence-electron chi connectivity index (χ3n) is 7.18. The van der Waals surface area contributed by atoms with Crippen LogP contribution in [0.4, 0.5) is 0 Å². The van der Waals surface area contributed by atoms with E-state index in [1.807, 2.05) is 24.3 Å². The molecule has 1 aromatic carbocycles. The first-order valence-corrected chi connectivity index (χ1v) is 13.5. The molecule has 1 atom stereocenters. The smallest absolute Gasteiger partial charge is 0.329 e. The summed E-state index contributed by atoms with van der Waals surface area (Å²) in [5.74, 6) is 1.51. The van der Waals surface area contributed by atoms with Crippen LogP contribution in [0.5, 0.6) is 5.75 Å². The summed E-state index contributed by atoms with van der Waals surface area (Å²) >= 11 is 6.64. The van der Waals surface area contributed by atoms with Gasteiger partial charge in [-0.25, -0.2) is 4.79 Å². The van der Waals surface area contributed by atoms with E-state index in [-0.39, 0.29) is 24.6 Å². The number of H-pyrrole nitrogens is 1. The SMILES string of the molecule is CCOC(=O)Cn1nnc(COc2ccc(C(CC3CCCC3)c3ccc(C4CC4)c(=O)[nH]3)cc2Cl)n1. The summed E-state index contributed by atoms with van der Waals surface area (Å²) in [6.45, 7) is 1.98. The molecule has 1 unspecified atom stereocenters. The number of nitrogens with zero attached hydrogens (tertiary/aromatic N) is 4. The average molecular weight is 526 g/mol. The van der Waals surface area contributed by atoms with Crippen molar-refractivity contribution < 1.29 is 14.3 Å². The Morgan fingerprint density at radius 3 is 2.70 bits per heavy atom. The van der Waals surface area contributed by atoms with Crippen molar-refractivity contribution >= 4 is 17.6 Å². The summed E-state index contributed by atoms with van der Waals surface area (Å²) in [6.07, 6.45) is 8.15. The summed E-state index contributed by atoms with van der Waals surface area (Å²) in [5, 5.41) is 12.4. The van der Waals surface area contributed by atoms with Gasteiger partial charge in [-0.15, -0.1) is 10.2 Å². The number of carbonyl (C=O) groups excluding carboxylic acids is 1. The molecule has 37 heavy (non-hydrogen) atoms. The zero-order valence-corrected chi connectivity index (χ0v) is 21.7. The number of rotatable bonds is 11. The molecule has 2 aliphatic rings. The van der Waals surface area contributed by atoms with Crippen LogP contribution in [0.3, 0.4) is 0 Å². The van der Waals surface area contributed by atoms with Crippen LogP contribution < -0.4 is 10.3 Å². The number of aromatic nitrogens is 5. The van der Waals surface area contributed by atoms with E-state index < -0.39 is 5.97 Å². The average Bonchev–Trinajstić information content (AvgIpc) is 3.39. The summed E-state index contributed by atoms with van der Waals surface area (Å²) in [7, 11) is 0. The Hall–Kier alpha value is -3.20. The molecule has 2 saturated carbocycles. The molecule has 3 aromatic rings. The minimum atomic E-state index is -0.429. The highest BCUT2D eigenvalue weighted by atomic mass is 35.5. The van der Waals surface area contributed by atoms with Gasteiger partial charge in [0, 0.05) is 17.2 Å². The second-order valence-electron chi connectivity index (χ2n) is 9.93. The molecular weight excluding hydrogens is 494 g/mol. The fourth-order valence-electron chi connectivity index (χ4n) is 5.16. The van der Waals surface area contributed by atoms with Crippen LogP contribution in [0, 0.1) is 5.92 Å². The number of hydrogen-bond donors (Lipinski definition) is 1. The van der Waals surface area contributed by atoms with E-state index in [1.165, 1.54) is 30.5 Å². The molecule has 0 radical (unpaired) electrons. The molecule has 0 spiro atoms. The molecule has 0 aliphatic heterocycles. The topological polar surface area (TPSA) is 112 Å². The second kappa shape index (κ2) is 11.5. The van der Waals surface area contributed by atoms with Gasteiger partial charge in [0.1, 0.15) is 5.75 Å². The standard InChI is InChI=1S/C27H32ClN5O4/c1-2-36-26(34)15-33-31-25(30-32-33)16-37-24-12-9-19(14-22(24)28)21(13-17-5-3-4-6-17)23-11-10-20(18-7-8-18)27(35)29-23/h9-12,14,17-18,21H,2-8,13,15-16H2,1H3,(H,29,35). The zero-order valence-electron chi connectivity index (χ0n) is 21.0. The van der Waals surface area contributed by atoms with E-state index in [9.17, 15) is 9.59 Å². The Balaban J connectivity index is 1.30. The molecule has 5 rings (SSSR count). The van der Waals surface area contributed by atoms with Crippen molar-refractivity contribution in [3.63, 3.8) is 0 Å². The van der Waals surface area contributed by atoms with Crippen molar-refractivity contribution in [2.75, 3.05) is 6.61 Å². The lowest BCUT2D eigenvalue weighted by Crippen LogP contribution is -2.17. The monoisotopic (exact) mass is 525 g/mol. The fraction of sp³-hybridized carbons (Fsp3) is 0.519. The van der Waals surface area contributed by atoms with Crippen LogP contribution >= 0.6 is 11.6 Å². The van der Waals surface area contributed by atoms with E-state index in [2.05, 4.69) is 26.5 Å². The molecular formula is C27H32ClN5O4. The number of halogens is 1. The fourth-order valence-corrected chi connectivity index (χ4v) is 5.40. The quantitative estimate of drug-likeness (QED) is 0.359. The maximum atomic E-state index is 12.8. The Morgan fingerprint density at radius 2 is 2.00 bits per heavy atom. The van der Waals surface area contributed by atoms with E-state index in [1.54, 1.807) is 6.92 Å². The first-order chi connectivity index (χ1) is 18.0. The van der Waals surface area contributed by atoms with Gasteiger partial charge in [-0.3, -0.25) is 4.79 Å². The van der Waals surface area contributed by atoms with E-state index >= 15 is 0 Å². The van der Waals surface area contributed by atoms with Crippen molar-refractivity contribution in [1.82, 2.24) is 25.2 Å². The van der Waals surface area contributed by atoms with Crippen LogP contribution in [0.25, 0.3) is 0 Å². The summed E-state index contributed by atoms with van der Waals surface area (Å²) < 4.78 is 10.7. The molecule has 2 aliphatic carbocycles. The van der Waals surface area contributed by atoms with Gasteiger partial charge in [0.05, 0.1) is 11.6 Å². The molecule has 2 aromatic heterocycles. The number of esters is 1. The molecule has 9 nitrogen and oxygen atoms in total. The molecule has 2 fully saturated rings. The summed E-state index contributed by atoms with van der Waals surface area (Å²) in [6, 6.07) is 9.87. The van der Waals surface area contributed by atoms with Gasteiger partial charge in [-0.1, -0.05) is 49.4 Å².